The Bertz CT molecular complexity index is 667. The number of ether oxygens (including phenoxy) is 1. The SMILES string of the molecule is Cc1ccc(F)c([C@H](N)c2ccc(OC(F)(F)F)cc2)c1F. The normalized spacial score (nSPS) is 13.0. The van der Waals surface area contributed by atoms with E-state index in [1.807, 2.05) is 0 Å². The first kappa shape index (κ1) is 16.2. The average Bonchev–Trinajstić information content (AvgIpc) is 2.42. The fourth-order valence-electron chi connectivity index (χ4n) is 2.01. The topological polar surface area (TPSA) is 35.2 Å². The highest BCUT2D eigenvalue weighted by Gasteiger charge is 2.31. The number of hydrogen-bond donors (Lipinski definition) is 1. The monoisotopic (exact) mass is 317 g/mol. The number of alkyl halides is 3. The zero-order chi connectivity index (χ0) is 16.5. The van der Waals surface area contributed by atoms with E-state index in [2.05, 4.69) is 4.74 Å². The molecule has 2 aromatic rings. The third-order valence-corrected chi connectivity index (χ3v) is 3.10. The van der Waals surface area contributed by atoms with Crippen LogP contribution >= 0.6 is 0 Å². The summed E-state index contributed by atoms with van der Waals surface area (Å²) in [5.74, 6) is -2.03. The van der Waals surface area contributed by atoms with Crippen molar-refractivity contribution < 1.29 is 26.7 Å². The molecule has 1 atom stereocenters. The van der Waals surface area contributed by atoms with Gasteiger partial charge >= 0.3 is 6.36 Å². The summed E-state index contributed by atoms with van der Waals surface area (Å²) in [6.45, 7) is 1.46. The van der Waals surface area contributed by atoms with Gasteiger partial charge in [0.05, 0.1) is 6.04 Å². The third kappa shape index (κ3) is 3.54. The van der Waals surface area contributed by atoms with Crippen LogP contribution in [0.5, 0.6) is 5.75 Å². The standard InChI is InChI=1S/C15H12F5NO/c1-8-2-7-11(16)12(13(8)17)14(21)9-3-5-10(6-4-9)22-15(18,19)20/h2-7,14H,21H2,1H3/t14-/m1/s1. The number of hydrogen-bond acceptors (Lipinski definition) is 2. The Morgan fingerprint density at radius 1 is 1.00 bits per heavy atom. The van der Waals surface area contributed by atoms with Crippen molar-refractivity contribution in [3.8, 4) is 5.75 Å². The molecule has 0 heterocycles. The Hall–Kier alpha value is -2.15. The quantitative estimate of drug-likeness (QED) is 0.860. The largest absolute Gasteiger partial charge is 0.573 e. The molecular weight excluding hydrogens is 305 g/mol. The molecule has 7 heteroatoms. The first-order valence-corrected chi connectivity index (χ1v) is 6.25. The lowest BCUT2D eigenvalue weighted by Crippen LogP contribution is -2.18. The Morgan fingerprint density at radius 2 is 1.59 bits per heavy atom. The molecule has 0 fully saturated rings. The van der Waals surface area contributed by atoms with Crippen LogP contribution in [0.25, 0.3) is 0 Å². The van der Waals surface area contributed by atoms with Gasteiger partial charge in [0.2, 0.25) is 0 Å². The van der Waals surface area contributed by atoms with Crippen molar-refractivity contribution in [3.63, 3.8) is 0 Å². The molecule has 0 unspecified atom stereocenters. The van der Waals surface area contributed by atoms with Gasteiger partial charge in [0, 0.05) is 5.56 Å². The van der Waals surface area contributed by atoms with Gasteiger partial charge in [0.25, 0.3) is 0 Å². The Labute approximate surface area is 123 Å². The van der Waals surface area contributed by atoms with Gasteiger partial charge in [0.15, 0.2) is 0 Å². The van der Waals surface area contributed by atoms with Crippen LogP contribution in [-0.4, -0.2) is 6.36 Å². The van der Waals surface area contributed by atoms with Gasteiger partial charge < -0.3 is 10.5 Å². The van der Waals surface area contributed by atoms with Gasteiger partial charge in [-0.05, 0) is 36.2 Å². The maximum absolute atomic E-state index is 14.0. The molecule has 2 N–H and O–H groups in total. The highest BCUT2D eigenvalue weighted by molar-refractivity contribution is 5.38. The second kappa shape index (κ2) is 5.92. The average molecular weight is 317 g/mol. The van der Waals surface area contributed by atoms with Gasteiger partial charge in [-0.15, -0.1) is 13.2 Å². The summed E-state index contributed by atoms with van der Waals surface area (Å²) >= 11 is 0. The van der Waals surface area contributed by atoms with Crippen LogP contribution < -0.4 is 10.5 Å². The summed E-state index contributed by atoms with van der Waals surface area (Å²) in [7, 11) is 0. The van der Waals surface area contributed by atoms with Crippen LogP contribution in [0.3, 0.4) is 0 Å². The van der Waals surface area contributed by atoms with Crippen molar-refractivity contribution in [3.05, 3.63) is 64.7 Å². The second-order valence-electron chi connectivity index (χ2n) is 4.69. The molecule has 0 aromatic heterocycles. The van der Waals surface area contributed by atoms with Crippen LogP contribution in [0.2, 0.25) is 0 Å². The maximum atomic E-state index is 14.0. The summed E-state index contributed by atoms with van der Waals surface area (Å²) < 4.78 is 67.7. The number of nitrogens with two attached hydrogens (primary N) is 1. The van der Waals surface area contributed by atoms with E-state index in [1.54, 1.807) is 0 Å². The predicted molar refractivity (Wildman–Crippen MR) is 70.3 cm³/mol. The van der Waals surface area contributed by atoms with Crippen molar-refractivity contribution >= 4 is 0 Å². The van der Waals surface area contributed by atoms with Gasteiger partial charge in [-0.3, -0.25) is 0 Å². The molecular formula is C15H12F5NO. The Kier molecular flexibility index (Phi) is 4.37. The molecule has 0 bridgehead atoms. The summed E-state index contributed by atoms with van der Waals surface area (Å²) in [5, 5.41) is 0. The summed E-state index contributed by atoms with van der Waals surface area (Å²) in [6.07, 6.45) is -4.81. The van der Waals surface area contributed by atoms with Crippen molar-refractivity contribution in [2.24, 2.45) is 5.73 Å². The van der Waals surface area contributed by atoms with Crippen molar-refractivity contribution in [2.45, 2.75) is 19.3 Å². The molecule has 0 radical (unpaired) electrons. The minimum absolute atomic E-state index is 0.226. The van der Waals surface area contributed by atoms with Gasteiger partial charge in [-0.2, -0.15) is 0 Å². The Morgan fingerprint density at radius 3 is 2.14 bits per heavy atom. The zero-order valence-corrected chi connectivity index (χ0v) is 11.4. The first-order valence-electron chi connectivity index (χ1n) is 6.25. The van der Waals surface area contributed by atoms with E-state index in [0.29, 0.717) is 0 Å². The van der Waals surface area contributed by atoms with E-state index in [0.717, 1.165) is 18.2 Å². The van der Waals surface area contributed by atoms with E-state index >= 15 is 0 Å². The molecule has 0 aliphatic heterocycles. The predicted octanol–water partition coefficient (Wildman–Crippen LogP) is 4.22. The van der Waals surface area contributed by atoms with Crippen LogP contribution in [0.15, 0.2) is 36.4 Å². The van der Waals surface area contributed by atoms with Crippen LogP contribution in [0.4, 0.5) is 22.0 Å². The molecule has 2 aromatic carbocycles. The van der Waals surface area contributed by atoms with E-state index in [4.69, 9.17) is 5.73 Å². The molecule has 118 valence electrons. The van der Waals surface area contributed by atoms with Crippen molar-refractivity contribution in [1.29, 1.82) is 0 Å². The van der Waals surface area contributed by atoms with Crippen LogP contribution in [0, 0.1) is 18.6 Å². The lowest BCUT2D eigenvalue weighted by Gasteiger charge is -2.16. The molecule has 0 aliphatic carbocycles. The molecule has 0 spiro atoms. The molecule has 0 amide bonds. The zero-order valence-electron chi connectivity index (χ0n) is 11.4. The Balaban J connectivity index is 2.31. The third-order valence-electron chi connectivity index (χ3n) is 3.10. The van der Waals surface area contributed by atoms with E-state index < -0.39 is 29.8 Å². The lowest BCUT2D eigenvalue weighted by molar-refractivity contribution is -0.274. The first-order chi connectivity index (χ1) is 10.2. The highest BCUT2D eigenvalue weighted by atomic mass is 19.4. The minimum atomic E-state index is -4.81. The van der Waals surface area contributed by atoms with Crippen molar-refractivity contribution in [2.75, 3.05) is 0 Å². The number of benzene rings is 2. The number of aryl methyl sites for hydroxylation is 1. The number of halogens is 5. The molecule has 0 saturated heterocycles. The fourth-order valence-corrected chi connectivity index (χ4v) is 2.01. The second-order valence-corrected chi connectivity index (χ2v) is 4.69. The summed E-state index contributed by atoms with van der Waals surface area (Å²) in [6, 6.07) is 5.76. The fraction of sp³-hybridized carbons (Fsp3) is 0.200. The van der Waals surface area contributed by atoms with Crippen LogP contribution in [0.1, 0.15) is 22.7 Å². The molecule has 2 nitrogen and oxygen atoms in total. The van der Waals surface area contributed by atoms with Gasteiger partial charge in [0.1, 0.15) is 17.4 Å². The highest BCUT2D eigenvalue weighted by Crippen LogP contribution is 2.29. The molecule has 22 heavy (non-hydrogen) atoms. The van der Waals surface area contributed by atoms with Crippen LogP contribution in [-0.2, 0) is 0 Å². The summed E-state index contributed by atoms with van der Waals surface area (Å²) in [5.41, 5.74) is 5.98. The smallest absolute Gasteiger partial charge is 0.406 e. The summed E-state index contributed by atoms with van der Waals surface area (Å²) in [4.78, 5) is 0. The van der Waals surface area contributed by atoms with E-state index in [9.17, 15) is 22.0 Å². The van der Waals surface area contributed by atoms with Gasteiger partial charge in [-0.25, -0.2) is 8.78 Å². The lowest BCUT2D eigenvalue weighted by atomic mass is 9.97. The van der Waals surface area contributed by atoms with Gasteiger partial charge in [-0.1, -0.05) is 18.2 Å². The molecule has 2 rings (SSSR count). The molecule has 0 aliphatic rings. The van der Waals surface area contributed by atoms with Crippen molar-refractivity contribution in [1.82, 2.24) is 0 Å². The van der Waals surface area contributed by atoms with E-state index in [-0.39, 0.29) is 16.7 Å². The maximum Gasteiger partial charge on any atom is 0.573 e. The number of rotatable bonds is 3. The molecule has 0 saturated carbocycles. The van der Waals surface area contributed by atoms with E-state index in [1.165, 1.54) is 25.1 Å². The minimum Gasteiger partial charge on any atom is -0.406 e.